The van der Waals surface area contributed by atoms with Crippen LogP contribution in [0.15, 0.2) is 12.7 Å². The molecule has 0 aromatic heterocycles. The van der Waals surface area contributed by atoms with Crippen LogP contribution in [0.2, 0.25) is 0 Å². The molecular formula is C13H24F2N2O. The fraction of sp³-hybridized carbons (Fsp3) is 0.846. The predicted octanol–water partition coefficient (Wildman–Crippen LogP) is 1.90. The molecule has 1 aliphatic heterocycles. The number of rotatable bonds is 7. The minimum Gasteiger partial charge on any atom is -0.344 e. The second-order valence-corrected chi connectivity index (χ2v) is 5.07. The molecule has 0 spiro atoms. The summed E-state index contributed by atoms with van der Waals surface area (Å²) >= 11 is 0. The second-order valence-electron chi connectivity index (χ2n) is 5.07. The molecular weight excluding hydrogens is 238 g/mol. The molecule has 0 radical (unpaired) electrons. The Labute approximate surface area is 108 Å². The number of hydrogen-bond donors (Lipinski definition) is 1. The van der Waals surface area contributed by atoms with E-state index >= 15 is 0 Å². The Morgan fingerprint density at radius 3 is 2.83 bits per heavy atom. The normalized spacial score (nSPS) is 27.4. The first-order valence-electron chi connectivity index (χ1n) is 6.52. The summed E-state index contributed by atoms with van der Waals surface area (Å²) in [6, 6.07) is 0.503. The summed E-state index contributed by atoms with van der Waals surface area (Å²) in [5, 5.41) is 3.34. The summed E-state index contributed by atoms with van der Waals surface area (Å²) in [5.74, 6) is 0. The van der Waals surface area contributed by atoms with Gasteiger partial charge in [0, 0.05) is 31.7 Å². The van der Waals surface area contributed by atoms with Crippen molar-refractivity contribution in [1.29, 1.82) is 0 Å². The van der Waals surface area contributed by atoms with Crippen molar-refractivity contribution in [2.45, 2.75) is 44.9 Å². The largest absolute Gasteiger partial charge is 0.344 e. The molecule has 5 heteroatoms. The average Bonchev–Trinajstić information content (AvgIpc) is 2.27. The van der Waals surface area contributed by atoms with Gasteiger partial charge in [0.2, 0.25) is 6.36 Å². The van der Waals surface area contributed by atoms with Gasteiger partial charge in [-0.1, -0.05) is 20.4 Å². The van der Waals surface area contributed by atoms with E-state index in [2.05, 4.69) is 11.9 Å². The molecule has 0 saturated carbocycles. The number of halogens is 2. The van der Waals surface area contributed by atoms with Crippen molar-refractivity contribution >= 4 is 0 Å². The molecule has 3 atom stereocenters. The molecule has 0 aliphatic carbocycles. The van der Waals surface area contributed by atoms with Crippen LogP contribution in [0.1, 0.15) is 20.3 Å². The zero-order valence-electron chi connectivity index (χ0n) is 11.2. The fourth-order valence-corrected chi connectivity index (χ4v) is 2.26. The third-order valence-electron chi connectivity index (χ3n) is 2.91. The Morgan fingerprint density at radius 2 is 2.22 bits per heavy atom. The number of alkyl halides is 2. The predicted molar refractivity (Wildman–Crippen MR) is 69.1 cm³/mol. The third kappa shape index (κ3) is 5.89. The molecule has 3 unspecified atom stereocenters. The SMILES string of the molecule is C=CC(F)OCCN1CC(F)CC(NC(C)C)C1. The minimum atomic E-state index is -1.43. The minimum absolute atomic E-state index is 0.161. The first-order chi connectivity index (χ1) is 8.51. The van der Waals surface area contributed by atoms with E-state index in [1.807, 2.05) is 18.7 Å². The van der Waals surface area contributed by atoms with Gasteiger partial charge in [-0.3, -0.25) is 4.90 Å². The van der Waals surface area contributed by atoms with E-state index in [0.29, 0.717) is 25.6 Å². The lowest BCUT2D eigenvalue weighted by atomic mass is 10.0. The Balaban J connectivity index is 2.29. The van der Waals surface area contributed by atoms with E-state index in [-0.39, 0.29) is 12.6 Å². The van der Waals surface area contributed by atoms with Crippen LogP contribution in [0.5, 0.6) is 0 Å². The van der Waals surface area contributed by atoms with Crippen LogP contribution in [0.25, 0.3) is 0 Å². The number of piperidine rings is 1. The van der Waals surface area contributed by atoms with Gasteiger partial charge < -0.3 is 10.1 Å². The van der Waals surface area contributed by atoms with Crippen LogP contribution in [0.4, 0.5) is 8.78 Å². The van der Waals surface area contributed by atoms with Crippen molar-refractivity contribution in [2.24, 2.45) is 0 Å². The van der Waals surface area contributed by atoms with Crippen molar-refractivity contribution in [1.82, 2.24) is 10.2 Å². The number of nitrogens with one attached hydrogen (secondary N) is 1. The molecule has 1 rings (SSSR count). The highest BCUT2D eigenvalue weighted by Gasteiger charge is 2.27. The van der Waals surface area contributed by atoms with E-state index < -0.39 is 12.5 Å². The van der Waals surface area contributed by atoms with Gasteiger partial charge in [0.15, 0.2) is 0 Å². The van der Waals surface area contributed by atoms with Crippen LogP contribution < -0.4 is 5.32 Å². The average molecular weight is 262 g/mol. The number of likely N-dealkylation sites (tertiary alicyclic amines) is 1. The summed E-state index contributed by atoms with van der Waals surface area (Å²) in [6.07, 6.45) is -0.596. The van der Waals surface area contributed by atoms with Crippen LogP contribution in [-0.4, -0.2) is 55.8 Å². The molecule has 1 saturated heterocycles. The number of ether oxygens (including phenoxy) is 1. The molecule has 3 nitrogen and oxygen atoms in total. The van der Waals surface area contributed by atoms with E-state index in [1.165, 1.54) is 0 Å². The van der Waals surface area contributed by atoms with Gasteiger partial charge >= 0.3 is 0 Å². The molecule has 0 aromatic carbocycles. The lowest BCUT2D eigenvalue weighted by molar-refractivity contribution is -0.0190. The molecule has 0 amide bonds. The number of nitrogens with zero attached hydrogens (tertiary/aromatic N) is 1. The topological polar surface area (TPSA) is 24.5 Å². The Hall–Kier alpha value is -0.520. The van der Waals surface area contributed by atoms with Gasteiger partial charge in [-0.05, 0) is 12.5 Å². The first kappa shape index (κ1) is 15.5. The van der Waals surface area contributed by atoms with Gasteiger partial charge in [-0.2, -0.15) is 0 Å². The lowest BCUT2D eigenvalue weighted by Gasteiger charge is -2.36. The van der Waals surface area contributed by atoms with Gasteiger partial charge in [0.05, 0.1) is 6.61 Å². The van der Waals surface area contributed by atoms with Crippen LogP contribution in [0, 0.1) is 0 Å². The Morgan fingerprint density at radius 1 is 1.50 bits per heavy atom. The zero-order valence-corrected chi connectivity index (χ0v) is 11.2. The molecule has 1 aliphatic rings. The maximum Gasteiger partial charge on any atom is 0.217 e. The standard InChI is InChI=1S/C13H24F2N2O/c1-4-13(15)18-6-5-17-8-11(14)7-12(9-17)16-10(2)3/h4,10-13,16H,1,5-9H2,2-3H3. The highest BCUT2D eigenvalue weighted by Crippen LogP contribution is 2.14. The third-order valence-corrected chi connectivity index (χ3v) is 2.91. The van der Waals surface area contributed by atoms with Gasteiger partial charge in [0.25, 0.3) is 0 Å². The fourth-order valence-electron chi connectivity index (χ4n) is 2.26. The lowest BCUT2D eigenvalue weighted by Crippen LogP contribution is -2.52. The highest BCUT2D eigenvalue weighted by atomic mass is 19.1. The molecule has 0 aromatic rings. The van der Waals surface area contributed by atoms with Gasteiger partial charge in [0.1, 0.15) is 6.17 Å². The molecule has 1 fully saturated rings. The van der Waals surface area contributed by atoms with Crippen molar-refractivity contribution < 1.29 is 13.5 Å². The van der Waals surface area contributed by atoms with E-state index in [0.717, 1.165) is 12.6 Å². The summed E-state index contributed by atoms with van der Waals surface area (Å²) in [4.78, 5) is 1.98. The number of hydrogen-bond acceptors (Lipinski definition) is 3. The molecule has 1 heterocycles. The summed E-state index contributed by atoms with van der Waals surface area (Å²) < 4.78 is 31.2. The smallest absolute Gasteiger partial charge is 0.217 e. The van der Waals surface area contributed by atoms with Crippen molar-refractivity contribution in [3.63, 3.8) is 0 Å². The monoisotopic (exact) mass is 262 g/mol. The Bertz CT molecular complexity index is 249. The first-order valence-corrected chi connectivity index (χ1v) is 6.52. The van der Waals surface area contributed by atoms with E-state index in [1.54, 1.807) is 0 Å². The van der Waals surface area contributed by atoms with Gasteiger partial charge in [-0.15, -0.1) is 0 Å². The van der Waals surface area contributed by atoms with Crippen LogP contribution in [-0.2, 0) is 4.74 Å². The summed E-state index contributed by atoms with van der Waals surface area (Å²) in [7, 11) is 0. The van der Waals surface area contributed by atoms with Crippen LogP contribution in [0.3, 0.4) is 0 Å². The molecule has 106 valence electrons. The Kier molecular flexibility index (Phi) is 6.75. The maximum atomic E-state index is 13.6. The van der Waals surface area contributed by atoms with Gasteiger partial charge in [-0.25, -0.2) is 8.78 Å². The quantitative estimate of drug-likeness (QED) is 0.709. The summed E-state index contributed by atoms with van der Waals surface area (Å²) in [5.41, 5.74) is 0. The second kappa shape index (κ2) is 7.81. The van der Waals surface area contributed by atoms with E-state index in [4.69, 9.17) is 4.74 Å². The molecule has 18 heavy (non-hydrogen) atoms. The summed E-state index contributed by atoms with van der Waals surface area (Å²) in [6.45, 7) is 9.39. The molecule has 0 bridgehead atoms. The zero-order chi connectivity index (χ0) is 13.5. The van der Waals surface area contributed by atoms with Crippen molar-refractivity contribution in [3.8, 4) is 0 Å². The van der Waals surface area contributed by atoms with Crippen LogP contribution >= 0.6 is 0 Å². The maximum absolute atomic E-state index is 13.6. The van der Waals surface area contributed by atoms with E-state index in [9.17, 15) is 8.78 Å². The van der Waals surface area contributed by atoms with Crippen molar-refractivity contribution in [2.75, 3.05) is 26.2 Å². The molecule has 1 N–H and O–H groups in total. The van der Waals surface area contributed by atoms with Crippen molar-refractivity contribution in [3.05, 3.63) is 12.7 Å². The highest BCUT2D eigenvalue weighted by molar-refractivity contribution is 4.84.